The van der Waals surface area contributed by atoms with Gasteiger partial charge in [-0.3, -0.25) is 0 Å². The number of hydrogen-bond acceptors (Lipinski definition) is 2. The Labute approximate surface area is 101 Å². The van der Waals surface area contributed by atoms with Crippen molar-refractivity contribution in [3.8, 4) is 0 Å². The number of rotatable bonds is 2. The first-order chi connectivity index (χ1) is 8.43. The number of hydrogen-bond donors (Lipinski definition) is 1. The first-order valence-corrected chi connectivity index (χ1v) is 5.52. The lowest BCUT2D eigenvalue weighted by Gasteiger charge is -2.11. The number of nitrogens with zero attached hydrogens (tertiary/aromatic N) is 1. The molecule has 0 radical (unpaired) electrons. The van der Waals surface area contributed by atoms with Crippen LogP contribution < -0.4 is 5.69 Å². The number of para-hydroxylation sites is 1. The fourth-order valence-electron chi connectivity index (χ4n) is 1.91. The second kappa shape index (κ2) is 4.44. The summed E-state index contributed by atoms with van der Waals surface area (Å²) in [7, 11) is 0. The minimum absolute atomic E-state index is 0.280. The van der Waals surface area contributed by atoms with Gasteiger partial charge in [0, 0.05) is 11.1 Å². The molecule has 96 valence electrons. The molecular weight excluding hydrogens is 245 g/mol. The van der Waals surface area contributed by atoms with Gasteiger partial charge in [-0.05, 0) is 12.5 Å². The molecule has 0 bridgehead atoms. The lowest BCUT2D eigenvalue weighted by molar-refractivity contribution is -0.136. The molecule has 2 rings (SSSR count). The van der Waals surface area contributed by atoms with Crippen molar-refractivity contribution >= 4 is 10.9 Å². The Morgan fingerprint density at radius 2 is 2.06 bits per heavy atom. The van der Waals surface area contributed by atoms with E-state index in [0.29, 0.717) is 17.5 Å². The van der Waals surface area contributed by atoms with Crippen molar-refractivity contribution in [2.24, 2.45) is 0 Å². The van der Waals surface area contributed by atoms with E-state index >= 15 is 0 Å². The van der Waals surface area contributed by atoms with Gasteiger partial charge in [-0.1, -0.05) is 25.5 Å². The largest absolute Gasteiger partial charge is 0.418 e. The Morgan fingerprint density at radius 1 is 1.33 bits per heavy atom. The summed E-state index contributed by atoms with van der Waals surface area (Å²) >= 11 is 0. The van der Waals surface area contributed by atoms with Crippen molar-refractivity contribution in [1.82, 2.24) is 9.97 Å². The second-order valence-electron chi connectivity index (χ2n) is 3.97. The molecule has 3 nitrogen and oxygen atoms in total. The number of H-pyrrole nitrogens is 1. The van der Waals surface area contributed by atoms with Gasteiger partial charge in [0.25, 0.3) is 0 Å². The highest BCUT2D eigenvalue weighted by molar-refractivity contribution is 5.84. The fourth-order valence-corrected chi connectivity index (χ4v) is 1.91. The van der Waals surface area contributed by atoms with Gasteiger partial charge in [0.15, 0.2) is 0 Å². The standard InChI is InChI=1S/C12H11F3N2O/c1-2-4-9-7-5-3-6-8(12(13,14)15)10(7)17-11(18)16-9/h3,5-6H,2,4H2,1H3,(H,16,17,18). The zero-order chi connectivity index (χ0) is 13.3. The van der Waals surface area contributed by atoms with E-state index in [-0.39, 0.29) is 5.52 Å². The van der Waals surface area contributed by atoms with Crippen LogP contribution in [0.5, 0.6) is 0 Å². The van der Waals surface area contributed by atoms with E-state index in [9.17, 15) is 18.0 Å². The van der Waals surface area contributed by atoms with E-state index in [4.69, 9.17) is 0 Å². The van der Waals surface area contributed by atoms with Crippen LogP contribution >= 0.6 is 0 Å². The Kier molecular flexibility index (Phi) is 3.11. The van der Waals surface area contributed by atoms with Gasteiger partial charge in [-0.2, -0.15) is 18.2 Å². The van der Waals surface area contributed by atoms with E-state index < -0.39 is 17.4 Å². The summed E-state index contributed by atoms with van der Waals surface area (Å²) in [5, 5.41) is 0.353. The molecule has 0 saturated heterocycles. The Balaban J connectivity index is 2.82. The van der Waals surface area contributed by atoms with Crippen molar-refractivity contribution in [2.45, 2.75) is 25.9 Å². The molecule has 0 aliphatic rings. The van der Waals surface area contributed by atoms with Crippen molar-refractivity contribution < 1.29 is 13.2 Å². The van der Waals surface area contributed by atoms with Crippen LogP contribution in [0.4, 0.5) is 13.2 Å². The number of halogens is 3. The summed E-state index contributed by atoms with van der Waals surface area (Å²) in [5.41, 5.74) is -1.40. The van der Waals surface area contributed by atoms with Crippen LogP contribution in [-0.4, -0.2) is 9.97 Å². The van der Waals surface area contributed by atoms with Crippen LogP contribution in [0.25, 0.3) is 10.9 Å². The molecule has 1 heterocycles. The van der Waals surface area contributed by atoms with Crippen LogP contribution in [-0.2, 0) is 12.6 Å². The molecule has 0 atom stereocenters. The van der Waals surface area contributed by atoms with Gasteiger partial charge in [0.1, 0.15) is 0 Å². The highest BCUT2D eigenvalue weighted by Gasteiger charge is 2.33. The van der Waals surface area contributed by atoms with Crippen molar-refractivity contribution in [2.75, 3.05) is 0 Å². The molecule has 0 unspecified atom stereocenters. The third-order valence-electron chi connectivity index (χ3n) is 2.64. The van der Waals surface area contributed by atoms with Gasteiger partial charge < -0.3 is 4.98 Å². The summed E-state index contributed by atoms with van der Waals surface area (Å²) in [6.45, 7) is 1.89. The zero-order valence-electron chi connectivity index (χ0n) is 9.64. The molecule has 0 amide bonds. The Morgan fingerprint density at radius 3 is 2.67 bits per heavy atom. The Bertz CT molecular complexity index is 631. The van der Waals surface area contributed by atoms with E-state index in [1.165, 1.54) is 6.07 Å². The monoisotopic (exact) mass is 256 g/mol. The third-order valence-corrected chi connectivity index (χ3v) is 2.64. The van der Waals surface area contributed by atoms with Crippen molar-refractivity contribution in [1.29, 1.82) is 0 Å². The molecule has 0 spiro atoms. The minimum atomic E-state index is -4.51. The van der Waals surface area contributed by atoms with E-state index in [1.807, 2.05) is 6.92 Å². The summed E-state index contributed by atoms with van der Waals surface area (Å²) in [5.74, 6) is 0. The number of aryl methyl sites for hydroxylation is 1. The molecule has 0 fully saturated rings. The first-order valence-electron chi connectivity index (χ1n) is 5.52. The Hall–Kier alpha value is -1.85. The average molecular weight is 256 g/mol. The molecule has 2 aromatic rings. The topological polar surface area (TPSA) is 45.8 Å². The van der Waals surface area contributed by atoms with Gasteiger partial charge in [-0.15, -0.1) is 0 Å². The smallest absolute Gasteiger partial charge is 0.309 e. The number of alkyl halides is 3. The maximum Gasteiger partial charge on any atom is 0.418 e. The van der Waals surface area contributed by atoms with E-state index in [0.717, 1.165) is 12.5 Å². The highest BCUT2D eigenvalue weighted by Crippen LogP contribution is 2.33. The number of benzene rings is 1. The predicted octanol–water partition coefficient (Wildman–Crippen LogP) is 2.89. The number of nitrogens with one attached hydrogen (secondary N) is 1. The summed E-state index contributed by atoms with van der Waals surface area (Å²) in [6.07, 6.45) is -3.27. The molecule has 18 heavy (non-hydrogen) atoms. The third kappa shape index (κ3) is 2.23. The van der Waals surface area contributed by atoms with Crippen LogP contribution in [0.15, 0.2) is 23.0 Å². The van der Waals surface area contributed by atoms with Gasteiger partial charge in [0.05, 0.1) is 11.1 Å². The SMILES string of the molecule is CCCc1[nH]c(=O)nc2c(C(F)(F)F)cccc12. The maximum absolute atomic E-state index is 12.8. The molecule has 1 aromatic heterocycles. The number of aromatic nitrogens is 2. The zero-order valence-corrected chi connectivity index (χ0v) is 9.64. The first kappa shape index (κ1) is 12.6. The average Bonchev–Trinajstić information content (AvgIpc) is 2.27. The van der Waals surface area contributed by atoms with E-state index in [2.05, 4.69) is 9.97 Å². The van der Waals surface area contributed by atoms with Crippen LogP contribution in [0.3, 0.4) is 0 Å². The van der Waals surface area contributed by atoms with Gasteiger partial charge in [-0.25, -0.2) is 4.79 Å². The highest BCUT2D eigenvalue weighted by atomic mass is 19.4. The van der Waals surface area contributed by atoms with E-state index in [1.54, 1.807) is 6.07 Å². The lowest BCUT2D eigenvalue weighted by Crippen LogP contribution is -2.16. The molecule has 1 N–H and O–H groups in total. The van der Waals surface area contributed by atoms with Crippen LogP contribution in [0.1, 0.15) is 24.6 Å². The number of aromatic amines is 1. The quantitative estimate of drug-likeness (QED) is 0.898. The minimum Gasteiger partial charge on any atom is -0.309 e. The predicted molar refractivity (Wildman–Crippen MR) is 61.4 cm³/mol. The van der Waals surface area contributed by atoms with Crippen LogP contribution in [0, 0.1) is 0 Å². The summed E-state index contributed by atoms with van der Waals surface area (Å²) in [4.78, 5) is 17.3. The van der Waals surface area contributed by atoms with Crippen molar-refractivity contribution in [3.05, 3.63) is 39.9 Å². The molecule has 0 aliphatic heterocycles. The molecule has 0 saturated carbocycles. The summed E-state index contributed by atoms with van der Waals surface area (Å²) in [6, 6.07) is 3.80. The molecule has 0 aliphatic carbocycles. The molecule has 1 aromatic carbocycles. The summed E-state index contributed by atoms with van der Waals surface area (Å²) < 4.78 is 38.4. The lowest BCUT2D eigenvalue weighted by atomic mass is 10.1. The fraction of sp³-hybridized carbons (Fsp3) is 0.333. The van der Waals surface area contributed by atoms with Crippen LogP contribution in [0.2, 0.25) is 0 Å². The molecular formula is C12H11F3N2O. The van der Waals surface area contributed by atoms with Gasteiger partial charge >= 0.3 is 11.9 Å². The second-order valence-corrected chi connectivity index (χ2v) is 3.97. The van der Waals surface area contributed by atoms with Gasteiger partial charge in [0.2, 0.25) is 0 Å². The van der Waals surface area contributed by atoms with Crippen molar-refractivity contribution in [3.63, 3.8) is 0 Å². The normalized spacial score (nSPS) is 12.0. The number of fused-ring (bicyclic) bond motifs is 1. The molecule has 6 heteroatoms. The maximum atomic E-state index is 12.8.